The van der Waals surface area contributed by atoms with Crippen molar-refractivity contribution in [1.82, 2.24) is 0 Å². The summed E-state index contributed by atoms with van der Waals surface area (Å²) in [6, 6.07) is 0. The average molecular weight is 262 g/mol. The molecule has 3 N–H and O–H groups in total. The quantitative estimate of drug-likeness (QED) is 0.334. The lowest BCUT2D eigenvalue weighted by atomic mass is 10.1. The van der Waals surface area contributed by atoms with E-state index in [0.717, 1.165) is 0 Å². The lowest BCUT2D eigenvalue weighted by Crippen LogP contribution is -2.56. The Morgan fingerprint density at radius 3 is 2.28 bits per heavy atom. The van der Waals surface area contributed by atoms with E-state index in [2.05, 4.69) is 14.5 Å². The number of carboxylic acid groups (broad SMARTS) is 1. The normalized spacial score (nSPS) is 30.8. The van der Waals surface area contributed by atoms with E-state index >= 15 is 0 Å². The summed E-state index contributed by atoms with van der Waals surface area (Å²) in [6.45, 7) is 0. The number of carbonyl (C=O) groups excluding carboxylic acids is 3. The van der Waals surface area contributed by atoms with Crippen LogP contribution in [0, 0.1) is 0 Å². The van der Waals surface area contributed by atoms with Gasteiger partial charge in [-0.05, 0) is 0 Å². The van der Waals surface area contributed by atoms with Gasteiger partial charge in [-0.2, -0.15) is 0 Å². The summed E-state index contributed by atoms with van der Waals surface area (Å²) >= 11 is 0. The molecule has 0 aromatic rings. The summed E-state index contributed by atoms with van der Waals surface area (Å²) in [5.41, 5.74) is 0. The Morgan fingerprint density at radius 2 is 1.72 bits per heavy atom. The van der Waals surface area contributed by atoms with Crippen LogP contribution < -0.4 is 0 Å². The Kier molecular flexibility index (Phi) is 3.64. The van der Waals surface area contributed by atoms with E-state index < -0.39 is 35.8 Å². The minimum absolute atomic E-state index is 0.405. The van der Waals surface area contributed by atoms with Crippen LogP contribution in [0.2, 0.25) is 0 Å². The van der Waals surface area contributed by atoms with Gasteiger partial charge in [-0.3, -0.25) is 0 Å². The smallest absolute Gasteiger partial charge is 0.391 e. The fourth-order valence-corrected chi connectivity index (χ4v) is 0.855. The lowest BCUT2D eigenvalue weighted by Gasteiger charge is -2.25. The Hall–Kier alpha value is -2.46. The van der Waals surface area contributed by atoms with Gasteiger partial charge >= 0.3 is 29.7 Å². The molecule has 0 aromatic heterocycles. The Labute approximate surface area is 97.9 Å². The van der Waals surface area contributed by atoms with Gasteiger partial charge in [0.2, 0.25) is 6.10 Å². The topological polar surface area (TPSA) is 157 Å². The summed E-state index contributed by atoms with van der Waals surface area (Å²) < 4.78 is 3.98. The van der Waals surface area contributed by atoms with Crippen molar-refractivity contribution in [2.24, 2.45) is 0 Å². The number of carboxylic acids is 1. The van der Waals surface area contributed by atoms with Crippen molar-refractivity contribution in [3.63, 3.8) is 0 Å². The van der Waals surface area contributed by atoms with Crippen LogP contribution in [0.4, 0.5) is 0 Å². The molecule has 2 atom stereocenters. The molecule has 0 aliphatic carbocycles. The highest BCUT2D eigenvalue weighted by Gasteiger charge is 2.53. The number of ether oxygens (including phenoxy) is 1. The molecule has 0 fully saturated rings. The van der Waals surface area contributed by atoms with E-state index in [1.807, 2.05) is 0 Å². The Bertz CT molecular complexity index is 437. The summed E-state index contributed by atoms with van der Waals surface area (Å²) in [5.74, 6) is -10.4. The zero-order valence-corrected chi connectivity index (χ0v) is 8.43. The van der Waals surface area contributed by atoms with Crippen LogP contribution in [0.25, 0.3) is 0 Å². The third kappa shape index (κ3) is 2.61. The first kappa shape index (κ1) is 13.6. The van der Waals surface area contributed by atoms with E-state index in [0.29, 0.717) is 12.2 Å². The van der Waals surface area contributed by atoms with Gasteiger partial charge in [0.25, 0.3) is 0 Å². The van der Waals surface area contributed by atoms with Crippen LogP contribution in [0.5, 0.6) is 0 Å². The number of hydrogen-bond acceptors (Lipinski definition) is 9. The van der Waals surface area contributed by atoms with Crippen molar-refractivity contribution in [3.8, 4) is 0 Å². The molecule has 0 bridgehead atoms. The van der Waals surface area contributed by atoms with Crippen molar-refractivity contribution in [1.29, 1.82) is 0 Å². The maximum atomic E-state index is 11.0. The van der Waals surface area contributed by atoms with Crippen molar-refractivity contribution < 1.29 is 49.0 Å². The number of aliphatic carboxylic acids is 1. The predicted octanol–water partition coefficient (Wildman–Crippen LogP) is -2.77. The molecule has 1 aliphatic heterocycles. The van der Waals surface area contributed by atoms with Crippen LogP contribution in [0.15, 0.2) is 12.2 Å². The number of cyclic esters (lactones) is 1. The van der Waals surface area contributed by atoms with Gasteiger partial charge in [0.1, 0.15) is 0 Å². The standard InChI is InChI=1S/C8H6O10/c9-3-1-2-4(10)17-18-6(12)5(11)8(15,16-3)7(13)14/h1-2,5,11,15H,(H,13,14)/b2-1+. The molecule has 0 aromatic carbocycles. The minimum atomic E-state index is -3.57. The van der Waals surface area contributed by atoms with Crippen LogP contribution in [-0.4, -0.2) is 51.1 Å². The van der Waals surface area contributed by atoms with E-state index in [1.54, 1.807) is 0 Å². The molecule has 2 unspecified atom stereocenters. The van der Waals surface area contributed by atoms with Gasteiger partial charge in [-0.25, -0.2) is 29.0 Å². The van der Waals surface area contributed by atoms with Gasteiger partial charge in [-0.1, -0.05) is 0 Å². The van der Waals surface area contributed by atoms with Crippen LogP contribution >= 0.6 is 0 Å². The van der Waals surface area contributed by atoms with Gasteiger partial charge in [0, 0.05) is 12.2 Å². The second kappa shape index (κ2) is 4.81. The average Bonchev–Trinajstić information content (AvgIpc) is 2.30. The summed E-state index contributed by atoms with van der Waals surface area (Å²) in [7, 11) is 0. The maximum absolute atomic E-state index is 11.0. The van der Waals surface area contributed by atoms with Gasteiger partial charge in [0.15, 0.2) is 0 Å². The molecule has 0 amide bonds. The predicted molar refractivity (Wildman–Crippen MR) is 46.0 cm³/mol. The molecule has 0 saturated carbocycles. The van der Waals surface area contributed by atoms with Crippen LogP contribution in [0.1, 0.15) is 0 Å². The van der Waals surface area contributed by atoms with E-state index in [9.17, 15) is 29.4 Å². The van der Waals surface area contributed by atoms with E-state index in [1.165, 1.54) is 0 Å². The minimum Gasteiger partial charge on any atom is -0.476 e. The first-order valence-electron chi connectivity index (χ1n) is 4.24. The molecule has 0 spiro atoms. The monoisotopic (exact) mass is 262 g/mol. The summed E-state index contributed by atoms with van der Waals surface area (Å²) in [4.78, 5) is 50.9. The zero-order valence-electron chi connectivity index (χ0n) is 8.43. The third-order valence-electron chi connectivity index (χ3n) is 1.72. The first-order valence-corrected chi connectivity index (χ1v) is 4.24. The number of esters is 1. The maximum Gasteiger partial charge on any atom is 0.391 e. The van der Waals surface area contributed by atoms with Gasteiger partial charge in [-0.15, -0.1) is 0 Å². The third-order valence-corrected chi connectivity index (χ3v) is 1.72. The molecule has 10 nitrogen and oxygen atoms in total. The number of rotatable bonds is 1. The molecule has 1 heterocycles. The molecule has 0 saturated heterocycles. The molecule has 1 rings (SSSR count). The molecular weight excluding hydrogens is 256 g/mol. The summed E-state index contributed by atoms with van der Waals surface area (Å²) in [5, 5.41) is 27.2. The van der Waals surface area contributed by atoms with Gasteiger partial charge in [0.05, 0.1) is 0 Å². The van der Waals surface area contributed by atoms with E-state index in [-0.39, 0.29) is 0 Å². The second-order valence-electron chi connectivity index (χ2n) is 2.96. The molecule has 10 heteroatoms. The highest BCUT2D eigenvalue weighted by molar-refractivity contribution is 5.95. The van der Waals surface area contributed by atoms with Crippen LogP contribution in [-0.2, 0) is 33.7 Å². The number of hydrogen-bond donors (Lipinski definition) is 3. The van der Waals surface area contributed by atoms with Crippen molar-refractivity contribution in [3.05, 3.63) is 12.2 Å². The number of aliphatic hydroxyl groups excluding tert-OH is 1. The van der Waals surface area contributed by atoms with E-state index in [4.69, 9.17) is 5.11 Å². The zero-order chi connectivity index (χ0) is 13.9. The molecular formula is C8H6O10. The Balaban J connectivity index is 3.14. The van der Waals surface area contributed by atoms with Crippen molar-refractivity contribution in [2.75, 3.05) is 0 Å². The number of aliphatic hydroxyl groups is 2. The molecule has 18 heavy (non-hydrogen) atoms. The molecule has 98 valence electrons. The summed E-state index contributed by atoms with van der Waals surface area (Å²) in [6.07, 6.45) is -1.95. The van der Waals surface area contributed by atoms with Crippen LogP contribution in [0.3, 0.4) is 0 Å². The highest BCUT2D eigenvalue weighted by Crippen LogP contribution is 2.16. The highest BCUT2D eigenvalue weighted by atomic mass is 17.2. The molecule has 0 radical (unpaired) electrons. The number of carbonyl (C=O) groups is 4. The van der Waals surface area contributed by atoms with Crippen molar-refractivity contribution in [2.45, 2.75) is 11.9 Å². The van der Waals surface area contributed by atoms with Gasteiger partial charge < -0.3 is 20.1 Å². The fourth-order valence-electron chi connectivity index (χ4n) is 0.855. The first-order chi connectivity index (χ1) is 8.27. The second-order valence-corrected chi connectivity index (χ2v) is 2.96. The largest absolute Gasteiger partial charge is 0.476 e. The fraction of sp³-hybridized carbons (Fsp3) is 0.250. The Morgan fingerprint density at radius 1 is 1.17 bits per heavy atom. The lowest BCUT2D eigenvalue weighted by molar-refractivity contribution is -0.284. The molecule has 1 aliphatic rings. The van der Waals surface area contributed by atoms with Crippen molar-refractivity contribution >= 4 is 23.9 Å². The SMILES string of the molecule is O=C1/C=C/C(=O)OC(O)(C(=O)O)C(O)C(=O)OO1.